The van der Waals surface area contributed by atoms with Crippen LogP contribution in [-0.4, -0.2) is 26.8 Å². The minimum Gasteiger partial charge on any atom is -0.383 e. The van der Waals surface area contributed by atoms with Crippen molar-refractivity contribution < 1.29 is 4.74 Å². The summed E-state index contributed by atoms with van der Waals surface area (Å²) in [5.41, 5.74) is 1.42. The van der Waals surface area contributed by atoms with Gasteiger partial charge in [-0.2, -0.15) is 11.3 Å². The SMILES string of the molecule is COCCNCCCc1cscc1Br. The molecule has 0 aromatic carbocycles. The molecule has 0 aliphatic rings. The van der Waals surface area contributed by atoms with Crippen molar-refractivity contribution in [3.63, 3.8) is 0 Å². The van der Waals surface area contributed by atoms with Gasteiger partial charge in [0, 0.05) is 23.5 Å². The monoisotopic (exact) mass is 277 g/mol. The number of ether oxygens (including phenoxy) is 1. The molecule has 1 rings (SSSR count). The highest BCUT2D eigenvalue weighted by atomic mass is 79.9. The van der Waals surface area contributed by atoms with E-state index in [9.17, 15) is 0 Å². The average molecular weight is 278 g/mol. The van der Waals surface area contributed by atoms with Crippen molar-refractivity contribution in [2.24, 2.45) is 0 Å². The topological polar surface area (TPSA) is 21.3 Å². The predicted octanol–water partition coefficient (Wildman–Crippen LogP) is 2.68. The number of methoxy groups -OCH3 is 1. The Bertz CT molecular complexity index is 252. The first-order valence-electron chi connectivity index (χ1n) is 4.75. The first-order chi connectivity index (χ1) is 6.84. The Morgan fingerprint density at radius 1 is 1.43 bits per heavy atom. The van der Waals surface area contributed by atoms with Crippen LogP contribution in [0.4, 0.5) is 0 Å². The highest BCUT2D eigenvalue weighted by Crippen LogP contribution is 2.22. The van der Waals surface area contributed by atoms with Gasteiger partial charge >= 0.3 is 0 Å². The number of thiophene rings is 1. The Morgan fingerprint density at radius 2 is 2.29 bits per heavy atom. The molecule has 0 aliphatic heterocycles. The largest absolute Gasteiger partial charge is 0.383 e. The lowest BCUT2D eigenvalue weighted by Gasteiger charge is -2.03. The molecule has 2 nitrogen and oxygen atoms in total. The van der Waals surface area contributed by atoms with Crippen LogP contribution in [0.5, 0.6) is 0 Å². The van der Waals surface area contributed by atoms with Crippen LogP contribution >= 0.6 is 27.3 Å². The minimum atomic E-state index is 0.794. The molecule has 0 bridgehead atoms. The molecule has 4 heteroatoms. The highest BCUT2D eigenvalue weighted by molar-refractivity contribution is 9.10. The highest BCUT2D eigenvalue weighted by Gasteiger charge is 1.99. The summed E-state index contributed by atoms with van der Waals surface area (Å²) in [7, 11) is 1.73. The molecule has 0 amide bonds. The van der Waals surface area contributed by atoms with E-state index < -0.39 is 0 Å². The Morgan fingerprint density at radius 3 is 2.93 bits per heavy atom. The number of hydrogen-bond acceptors (Lipinski definition) is 3. The van der Waals surface area contributed by atoms with E-state index in [1.165, 1.54) is 16.5 Å². The van der Waals surface area contributed by atoms with Gasteiger partial charge in [0.2, 0.25) is 0 Å². The van der Waals surface area contributed by atoms with Gasteiger partial charge in [0.1, 0.15) is 0 Å². The van der Waals surface area contributed by atoms with E-state index in [1.807, 2.05) is 0 Å². The fourth-order valence-corrected chi connectivity index (χ4v) is 2.73. The van der Waals surface area contributed by atoms with Crippen LogP contribution in [-0.2, 0) is 11.2 Å². The van der Waals surface area contributed by atoms with E-state index in [2.05, 4.69) is 32.0 Å². The molecule has 1 heterocycles. The average Bonchev–Trinajstić information content (AvgIpc) is 2.58. The van der Waals surface area contributed by atoms with E-state index in [0.717, 1.165) is 26.1 Å². The maximum Gasteiger partial charge on any atom is 0.0587 e. The Labute approximate surface area is 97.8 Å². The molecule has 1 aromatic heterocycles. The van der Waals surface area contributed by atoms with Gasteiger partial charge in [-0.1, -0.05) is 0 Å². The number of rotatable bonds is 7. The standard InChI is InChI=1S/C10H16BrNOS/c1-13-6-5-12-4-2-3-9-7-14-8-10(9)11/h7-8,12H,2-6H2,1H3. The normalized spacial score (nSPS) is 10.7. The molecule has 0 fully saturated rings. The summed E-state index contributed by atoms with van der Waals surface area (Å²) in [6.45, 7) is 2.80. The maximum absolute atomic E-state index is 4.95. The molecule has 1 N–H and O–H groups in total. The third-order valence-corrected chi connectivity index (χ3v) is 3.80. The number of nitrogens with one attached hydrogen (secondary N) is 1. The van der Waals surface area contributed by atoms with Crippen molar-refractivity contribution >= 4 is 27.3 Å². The van der Waals surface area contributed by atoms with Crippen molar-refractivity contribution in [2.45, 2.75) is 12.8 Å². The van der Waals surface area contributed by atoms with Crippen LogP contribution in [0.3, 0.4) is 0 Å². The molecule has 0 unspecified atom stereocenters. The second-order valence-electron chi connectivity index (χ2n) is 3.09. The fraction of sp³-hybridized carbons (Fsp3) is 0.600. The van der Waals surface area contributed by atoms with Crippen LogP contribution in [0.2, 0.25) is 0 Å². The van der Waals surface area contributed by atoms with Crippen LogP contribution < -0.4 is 5.32 Å². The van der Waals surface area contributed by atoms with Gasteiger partial charge in [0.05, 0.1) is 6.61 Å². The Kier molecular flexibility index (Phi) is 6.43. The molecule has 1 aromatic rings. The zero-order valence-electron chi connectivity index (χ0n) is 8.38. The van der Waals surface area contributed by atoms with Crippen molar-refractivity contribution in [1.82, 2.24) is 5.32 Å². The van der Waals surface area contributed by atoms with Gasteiger partial charge in [-0.15, -0.1) is 0 Å². The van der Waals surface area contributed by atoms with E-state index in [1.54, 1.807) is 18.4 Å². The van der Waals surface area contributed by atoms with Crippen LogP contribution in [0.25, 0.3) is 0 Å². The molecule has 0 atom stereocenters. The molecule has 0 radical (unpaired) electrons. The van der Waals surface area contributed by atoms with Crippen molar-refractivity contribution in [3.8, 4) is 0 Å². The summed E-state index contributed by atoms with van der Waals surface area (Å²) in [5.74, 6) is 0. The predicted molar refractivity (Wildman–Crippen MR) is 65.1 cm³/mol. The number of aryl methyl sites for hydroxylation is 1. The third kappa shape index (κ3) is 4.55. The summed E-state index contributed by atoms with van der Waals surface area (Å²) >= 11 is 5.28. The number of hydrogen-bond donors (Lipinski definition) is 1. The van der Waals surface area contributed by atoms with Crippen molar-refractivity contribution in [2.75, 3.05) is 26.8 Å². The van der Waals surface area contributed by atoms with E-state index in [-0.39, 0.29) is 0 Å². The number of halogens is 1. The summed E-state index contributed by atoms with van der Waals surface area (Å²) in [5, 5.41) is 7.67. The van der Waals surface area contributed by atoms with Crippen LogP contribution in [0, 0.1) is 0 Å². The van der Waals surface area contributed by atoms with Crippen molar-refractivity contribution in [3.05, 3.63) is 20.8 Å². The van der Waals surface area contributed by atoms with Gasteiger partial charge in [-0.25, -0.2) is 0 Å². The Hall–Kier alpha value is 0.100. The minimum absolute atomic E-state index is 0.794. The van der Waals surface area contributed by atoms with Crippen molar-refractivity contribution in [1.29, 1.82) is 0 Å². The second-order valence-corrected chi connectivity index (χ2v) is 4.69. The molecular weight excluding hydrogens is 262 g/mol. The molecule has 0 spiro atoms. The van der Waals surface area contributed by atoms with E-state index >= 15 is 0 Å². The summed E-state index contributed by atoms with van der Waals surface area (Å²) in [6.07, 6.45) is 2.32. The molecule has 0 aliphatic carbocycles. The first kappa shape index (κ1) is 12.2. The molecule has 80 valence electrons. The fourth-order valence-electron chi connectivity index (χ4n) is 1.19. The lowest BCUT2D eigenvalue weighted by atomic mass is 10.2. The molecule has 0 saturated carbocycles. The van der Waals surface area contributed by atoms with Gasteiger partial charge in [0.15, 0.2) is 0 Å². The molecular formula is C10H16BrNOS. The third-order valence-electron chi connectivity index (χ3n) is 1.97. The molecule has 14 heavy (non-hydrogen) atoms. The van der Waals surface area contributed by atoms with Gasteiger partial charge in [0.25, 0.3) is 0 Å². The summed E-state index contributed by atoms with van der Waals surface area (Å²) in [4.78, 5) is 0. The van der Waals surface area contributed by atoms with Gasteiger partial charge in [-0.3, -0.25) is 0 Å². The smallest absolute Gasteiger partial charge is 0.0587 e. The summed E-state index contributed by atoms with van der Waals surface area (Å²) in [6, 6.07) is 0. The lowest BCUT2D eigenvalue weighted by Crippen LogP contribution is -2.20. The second kappa shape index (κ2) is 7.40. The van der Waals surface area contributed by atoms with Gasteiger partial charge in [-0.05, 0) is 46.3 Å². The van der Waals surface area contributed by atoms with Crippen LogP contribution in [0.1, 0.15) is 12.0 Å². The van der Waals surface area contributed by atoms with Crippen LogP contribution in [0.15, 0.2) is 15.2 Å². The lowest BCUT2D eigenvalue weighted by molar-refractivity contribution is 0.199. The molecule has 0 saturated heterocycles. The first-order valence-corrected chi connectivity index (χ1v) is 6.48. The van der Waals surface area contributed by atoms with E-state index in [4.69, 9.17) is 4.74 Å². The zero-order chi connectivity index (χ0) is 10.2. The Balaban J connectivity index is 2.02. The summed E-state index contributed by atoms with van der Waals surface area (Å²) < 4.78 is 6.19. The van der Waals surface area contributed by atoms with E-state index in [0.29, 0.717) is 0 Å². The zero-order valence-corrected chi connectivity index (χ0v) is 10.8. The maximum atomic E-state index is 4.95. The van der Waals surface area contributed by atoms with Gasteiger partial charge < -0.3 is 10.1 Å². The quantitative estimate of drug-likeness (QED) is 0.774.